The molecule has 0 fully saturated rings. The summed E-state index contributed by atoms with van der Waals surface area (Å²) in [5, 5.41) is 13.8. The Labute approximate surface area is 258 Å². The van der Waals surface area contributed by atoms with Crippen molar-refractivity contribution in [2.75, 3.05) is 0 Å². The third-order valence-electron chi connectivity index (χ3n) is 8.46. The summed E-state index contributed by atoms with van der Waals surface area (Å²) in [6, 6.07) is 26.8. The zero-order chi connectivity index (χ0) is 30.4. The fourth-order valence-corrected chi connectivity index (χ4v) is 8.66. The van der Waals surface area contributed by atoms with Crippen LogP contribution in [0.2, 0.25) is 0 Å². The van der Waals surface area contributed by atoms with Crippen LogP contribution in [-0.4, -0.2) is 19.6 Å². The minimum atomic E-state index is -4.42. The maximum absolute atomic E-state index is 13.8. The Hall–Kier alpha value is -4.47. The van der Waals surface area contributed by atoms with Crippen molar-refractivity contribution in [3.63, 3.8) is 0 Å². The van der Waals surface area contributed by atoms with Crippen LogP contribution in [0.4, 0.5) is 13.2 Å². The molecule has 0 unspecified atom stereocenters. The zero-order valence-electron chi connectivity index (χ0n) is 24.0. The van der Waals surface area contributed by atoms with E-state index in [1.807, 2.05) is 47.4 Å². The number of hydrogen-bond acceptors (Lipinski definition) is 4. The van der Waals surface area contributed by atoms with E-state index < -0.39 is 17.2 Å². The third kappa shape index (κ3) is 4.03. The monoisotopic (exact) mass is 622 g/mol. The molecule has 0 aliphatic carbocycles. The lowest BCUT2D eigenvalue weighted by Gasteiger charge is -2.20. The maximum atomic E-state index is 13.8. The van der Waals surface area contributed by atoms with Crippen LogP contribution in [0.3, 0.4) is 0 Å². The van der Waals surface area contributed by atoms with Crippen LogP contribution >= 0.6 is 22.7 Å². The number of alkyl halides is 3. The maximum Gasteiger partial charge on any atom is 0.417 e. The molecule has 44 heavy (non-hydrogen) atoms. The molecular weight excluding hydrogens is 598 g/mol. The SMILES string of the molecule is Cc1cccc2c1sc1c(-n3ccc(C(C)(C)c4ccn(-c5cccc6c5sc5c(C(F)(F)F)cccc56)n4)n3)cccc12. The van der Waals surface area contributed by atoms with Crippen molar-refractivity contribution >= 4 is 63.0 Å². The first-order chi connectivity index (χ1) is 21.1. The van der Waals surface area contributed by atoms with E-state index in [1.54, 1.807) is 22.1 Å². The number of aryl methyl sites for hydroxylation is 1. The van der Waals surface area contributed by atoms with Gasteiger partial charge in [0.2, 0.25) is 0 Å². The molecule has 0 saturated heterocycles. The van der Waals surface area contributed by atoms with Crippen LogP contribution in [0.5, 0.6) is 0 Å². The molecule has 0 aliphatic heterocycles. The summed E-state index contributed by atoms with van der Waals surface area (Å²) in [4.78, 5) is 0. The van der Waals surface area contributed by atoms with Gasteiger partial charge in [0, 0.05) is 43.3 Å². The van der Waals surface area contributed by atoms with E-state index in [0.29, 0.717) is 5.39 Å². The standard InChI is InChI=1S/C35H25F3N4S2/c1-20-8-4-9-21-23-11-6-14-26(32(23)43-30(20)21)41-18-16-28(39-41)34(2,3)29-17-19-42(40-29)27-15-7-12-24-22-10-5-13-25(35(36,37)38)31(22)44-33(24)27/h4-19H,1-3H3. The van der Waals surface area contributed by atoms with Crippen molar-refractivity contribution < 1.29 is 13.2 Å². The minimum Gasteiger partial charge on any atom is -0.239 e. The van der Waals surface area contributed by atoms with Gasteiger partial charge in [-0.3, -0.25) is 0 Å². The second-order valence-corrected chi connectivity index (χ2v) is 13.6. The van der Waals surface area contributed by atoms with Gasteiger partial charge >= 0.3 is 6.18 Å². The van der Waals surface area contributed by atoms with Gasteiger partial charge in [-0.15, -0.1) is 22.7 Å². The van der Waals surface area contributed by atoms with Gasteiger partial charge < -0.3 is 0 Å². The van der Waals surface area contributed by atoms with Gasteiger partial charge in [-0.25, -0.2) is 9.36 Å². The average molecular weight is 623 g/mol. The first kappa shape index (κ1) is 27.1. The molecule has 0 N–H and O–H groups in total. The topological polar surface area (TPSA) is 35.6 Å². The van der Waals surface area contributed by atoms with Crippen LogP contribution < -0.4 is 0 Å². The number of aromatic nitrogens is 4. The van der Waals surface area contributed by atoms with Gasteiger partial charge in [-0.1, -0.05) is 54.6 Å². The predicted octanol–water partition coefficient (Wildman–Crippen LogP) is 10.4. The molecule has 4 heterocycles. The lowest BCUT2D eigenvalue weighted by atomic mass is 9.86. The Balaban J connectivity index is 1.18. The van der Waals surface area contributed by atoms with Gasteiger partial charge in [-0.05, 0) is 56.7 Å². The van der Waals surface area contributed by atoms with E-state index in [-0.39, 0.29) is 4.70 Å². The fraction of sp³-hybridized carbons (Fsp3) is 0.143. The highest BCUT2D eigenvalue weighted by molar-refractivity contribution is 7.26. The molecule has 4 aromatic carbocycles. The number of rotatable bonds is 4. The van der Waals surface area contributed by atoms with Crippen molar-refractivity contribution in [3.8, 4) is 11.4 Å². The Bertz CT molecular complexity index is 2390. The normalized spacial score (nSPS) is 12.8. The number of thiophene rings is 2. The lowest BCUT2D eigenvalue weighted by molar-refractivity contribution is -0.136. The van der Waals surface area contributed by atoms with Crippen LogP contribution in [0.1, 0.15) is 36.4 Å². The molecule has 0 radical (unpaired) electrons. The fourth-order valence-electron chi connectivity index (χ4n) is 6.05. The number of benzene rings is 4. The van der Waals surface area contributed by atoms with Gasteiger partial charge in [-0.2, -0.15) is 23.4 Å². The summed E-state index contributed by atoms with van der Waals surface area (Å²) in [6.45, 7) is 6.32. The molecule has 9 heteroatoms. The molecule has 0 amide bonds. The van der Waals surface area contributed by atoms with E-state index >= 15 is 0 Å². The predicted molar refractivity (Wildman–Crippen MR) is 175 cm³/mol. The molecule has 8 rings (SSSR count). The molecule has 4 nitrogen and oxygen atoms in total. The molecule has 0 aliphatic rings. The van der Waals surface area contributed by atoms with E-state index in [4.69, 9.17) is 10.2 Å². The second kappa shape index (κ2) is 9.51. The Morgan fingerprint density at radius 3 is 1.57 bits per heavy atom. The number of nitrogens with zero attached hydrogens (tertiary/aromatic N) is 4. The summed E-state index contributed by atoms with van der Waals surface area (Å²) >= 11 is 2.95. The Morgan fingerprint density at radius 2 is 1.02 bits per heavy atom. The first-order valence-electron chi connectivity index (χ1n) is 14.2. The zero-order valence-corrected chi connectivity index (χ0v) is 25.6. The molecule has 0 spiro atoms. The van der Waals surface area contributed by atoms with E-state index in [1.165, 1.54) is 31.8 Å². The highest BCUT2D eigenvalue weighted by Gasteiger charge is 2.34. The highest BCUT2D eigenvalue weighted by Crippen LogP contribution is 2.44. The molecular formula is C35H25F3N4S2. The Kier molecular flexibility index (Phi) is 5.86. The summed E-state index contributed by atoms with van der Waals surface area (Å²) in [7, 11) is 0. The third-order valence-corrected chi connectivity index (χ3v) is 11.1. The molecule has 8 aromatic rings. The van der Waals surface area contributed by atoms with Crippen molar-refractivity contribution in [1.82, 2.24) is 19.6 Å². The Morgan fingerprint density at radius 1 is 0.568 bits per heavy atom. The smallest absolute Gasteiger partial charge is 0.239 e. The average Bonchev–Trinajstić information content (AvgIpc) is 3.80. The van der Waals surface area contributed by atoms with Gasteiger partial charge in [0.15, 0.2) is 0 Å². The van der Waals surface area contributed by atoms with Crippen molar-refractivity contribution in [2.45, 2.75) is 32.4 Å². The first-order valence-corrected chi connectivity index (χ1v) is 15.8. The minimum absolute atomic E-state index is 0.240. The lowest BCUT2D eigenvalue weighted by Crippen LogP contribution is -2.21. The summed E-state index contributed by atoms with van der Waals surface area (Å²) < 4.78 is 48.6. The molecule has 0 bridgehead atoms. The van der Waals surface area contributed by atoms with E-state index in [2.05, 4.69) is 57.2 Å². The van der Waals surface area contributed by atoms with Crippen molar-refractivity contribution in [3.05, 3.63) is 120 Å². The van der Waals surface area contributed by atoms with Gasteiger partial charge in [0.1, 0.15) is 0 Å². The molecule has 4 aromatic heterocycles. The largest absolute Gasteiger partial charge is 0.417 e. The summed E-state index contributed by atoms with van der Waals surface area (Å²) in [6.07, 6.45) is -0.553. The highest BCUT2D eigenvalue weighted by atomic mass is 32.1. The number of hydrogen-bond donors (Lipinski definition) is 0. The summed E-state index contributed by atoms with van der Waals surface area (Å²) in [5.74, 6) is 0. The van der Waals surface area contributed by atoms with E-state index in [0.717, 1.165) is 50.3 Å². The molecule has 218 valence electrons. The molecule has 0 atom stereocenters. The number of halogens is 3. The van der Waals surface area contributed by atoms with Crippen molar-refractivity contribution in [1.29, 1.82) is 0 Å². The van der Waals surface area contributed by atoms with Gasteiger partial charge in [0.25, 0.3) is 0 Å². The van der Waals surface area contributed by atoms with Crippen LogP contribution in [0.15, 0.2) is 97.3 Å². The van der Waals surface area contributed by atoms with Crippen LogP contribution in [-0.2, 0) is 11.6 Å². The van der Waals surface area contributed by atoms with Crippen molar-refractivity contribution in [2.24, 2.45) is 0 Å². The summed E-state index contributed by atoms with van der Waals surface area (Å²) in [5.41, 5.74) is 3.58. The van der Waals surface area contributed by atoms with Crippen LogP contribution in [0.25, 0.3) is 51.7 Å². The van der Waals surface area contributed by atoms with Gasteiger partial charge in [0.05, 0.1) is 43.1 Å². The molecule has 0 saturated carbocycles. The number of fused-ring (bicyclic) bond motifs is 6. The van der Waals surface area contributed by atoms with E-state index in [9.17, 15) is 13.2 Å². The second-order valence-electron chi connectivity index (χ2n) is 11.6. The quantitative estimate of drug-likeness (QED) is 0.196. The van der Waals surface area contributed by atoms with Crippen LogP contribution in [0, 0.1) is 6.92 Å².